The molecule has 0 bridgehead atoms. The molecule has 16 heavy (non-hydrogen) atoms. The molecule has 0 saturated heterocycles. The first-order chi connectivity index (χ1) is 7.53. The lowest BCUT2D eigenvalue weighted by molar-refractivity contribution is 0.581. The van der Waals surface area contributed by atoms with E-state index in [9.17, 15) is 8.42 Å². The van der Waals surface area contributed by atoms with Gasteiger partial charge in [-0.25, -0.2) is 13.1 Å². The first-order valence-electron chi connectivity index (χ1n) is 5.57. The van der Waals surface area contributed by atoms with E-state index in [0.29, 0.717) is 31.5 Å². The van der Waals surface area contributed by atoms with E-state index < -0.39 is 10.0 Å². The number of hydrogen-bond donors (Lipinski definition) is 3. The van der Waals surface area contributed by atoms with E-state index in [4.69, 9.17) is 5.73 Å². The molecule has 94 valence electrons. The second kappa shape index (κ2) is 6.05. The Balaban J connectivity index is 2.06. The molecule has 0 aromatic carbocycles. The number of guanidine groups is 1. The van der Waals surface area contributed by atoms with Crippen LogP contribution in [0, 0.1) is 0 Å². The topological polar surface area (TPSA) is 96.6 Å². The van der Waals surface area contributed by atoms with Crippen LogP contribution in [0.3, 0.4) is 0 Å². The van der Waals surface area contributed by atoms with E-state index in [0.717, 1.165) is 12.8 Å². The van der Waals surface area contributed by atoms with E-state index in [1.165, 1.54) is 0 Å². The summed E-state index contributed by atoms with van der Waals surface area (Å²) in [5.41, 5.74) is 5.61. The van der Waals surface area contributed by atoms with Crippen molar-refractivity contribution >= 4 is 16.0 Å². The molecular formula is C9H20N4O2S. The molecule has 0 aliphatic heterocycles. The Morgan fingerprint density at radius 1 is 1.50 bits per heavy atom. The molecule has 0 aromatic heterocycles. The summed E-state index contributed by atoms with van der Waals surface area (Å²) < 4.78 is 24.6. The summed E-state index contributed by atoms with van der Waals surface area (Å²) >= 11 is 0. The highest BCUT2D eigenvalue weighted by atomic mass is 32.2. The molecular weight excluding hydrogens is 228 g/mol. The molecule has 7 heteroatoms. The van der Waals surface area contributed by atoms with Gasteiger partial charge < -0.3 is 11.1 Å². The maximum Gasteiger partial charge on any atom is 0.211 e. The normalized spacial score (nSPS) is 17.4. The van der Waals surface area contributed by atoms with Crippen molar-refractivity contribution in [1.82, 2.24) is 10.0 Å². The van der Waals surface area contributed by atoms with Crippen molar-refractivity contribution < 1.29 is 8.42 Å². The number of nitrogens with zero attached hydrogens (tertiary/aromatic N) is 1. The number of nitrogens with two attached hydrogens (primary N) is 1. The maximum atomic E-state index is 11.1. The fourth-order valence-corrected chi connectivity index (χ4v) is 1.75. The standard InChI is InChI=1S/C9H20N4O2S/c1-2-16(14,15)12-7-3-6-11-9(10)13-8-4-5-8/h8,12H,2-7H2,1H3,(H3,10,11,13). The highest BCUT2D eigenvalue weighted by molar-refractivity contribution is 7.89. The summed E-state index contributed by atoms with van der Waals surface area (Å²) in [6, 6.07) is 0.502. The minimum Gasteiger partial charge on any atom is -0.370 e. The molecule has 1 aliphatic rings. The molecule has 0 aromatic rings. The number of nitrogens with one attached hydrogen (secondary N) is 2. The quantitative estimate of drug-likeness (QED) is 0.318. The van der Waals surface area contributed by atoms with Gasteiger partial charge >= 0.3 is 0 Å². The largest absolute Gasteiger partial charge is 0.370 e. The van der Waals surface area contributed by atoms with Crippen LogP contribution in [0.1, 0.15) is 26.2 Å². The van der Waals surface area contributed by atoms with Crippen LogP contribution in [0.5, 0.6) is 0 Å². The molecule has 1 saturated carbocycles. The Morgan fingerprint density at radius 2 is 2.19 bits per heavy atom. The molecule has 1 rings (SSSR count). The molecule has 0 unspecified atom stereocenters. The van der Waals surface area contributed by atoms with Crippen molar-refractivity contribution in [2.24, 2.45) is 10.7 Å². The Labute approximate surface area is 96.7 Å². The lowest BCUT2D eigenvalue weighted by Crippen LogP contribution is -2.33. The Morgan fingerprint density at radius 3 is 2.75 bits per heavy atom. The van der Waals surface area contributed by atoms with Gasteiger partial charge in [0.15, 0.2) is 5.96 Å². The zero-order valence-corrected chi connectivity index (χ0v) is 10.4. The van der Waals surface area contributed by atoms with Crippen molar-refractivity contribution in [2.75, 3.05) is 18.8 Å². The zero-order chi connectivity index (χ0) is 12.0. The molecule has 1 fully saturated rings. The molecule has 0 amide bonds. The van der Waals surface area contributed by atoms with Gasteiger partial charge in [-0.3, -0.25) is 4.99 Å². The Bertz CT molecular complexity index is 335. The second-order valence-electron chi connectivity index (χ2n) is 3.84. The Hall–Kier alpha value is -0.820. The minimum absolute atomic E-state index is 0.113. The zero-order valence-electron chi connectivity index (χ0n) is 9.57. The third-order valence-corrected chi connectivity index (χ3v) is 3.65. The van der Waals surface area contributed by atoms with Gasteiger partial charge in [-0.15, -0.1) is 0 Å². The molecule has 0 radical (unpaired) electrons. The summed E-state index contributed by atoms with van der Waals surface area (Å²) in [5, 5.41) is 3.06. The van der Waals surface area contributed by atoms with Crippen molar-refractivity contribution in [1.29, 1.82) is 0 Å². The highest BCUT2D eigenvalue weighted by Crippen LogP contribution is 2.17. The summed E-state index contributed by atoms with van der Waals surface area (Å²) in [5.74, 6) is 0.572. The van der Waals surface area contributed by atoms with Crippen LogP contribution >= 0.6 is 0 Å². The van der Waals surface area contributed by atoms with Crippen molar-refractivity contribution in [2.45, 2.75) is 32.2 Å². The van der Waals surface area contributed by atoms with Crippen LogP contribution in [0.25, 0.3) is 0 Å². The van der Waals surface area contributed by atoms with Crippen molar-refractivity contribution in [3.63, 3.8) is 0 Å². The van der Waals surface area contributed by atoms with Gasteiger partial charge in [0, 0.05) is 19.1 Å². The van der Waals surface area contributed by atoms with Gasteiger partial charge in [-0.1, -0.05) is 0 Å². The van der Waals surface area contributed by atoms with Crippen LogP contribution in [-0.4, -0.2) is 39.3 Å². The van der Waals surface area contributed by atoms with Gasteiger partial charge in [-0.2, -0.15) is 0 Å². The highest BCUT2D eigenvalue weighted by Gasteiger charge is 2.21. The predicted molar refractivity (Wildman–Crippen MR) is 64.7 cm³/mol. The van der Waals surface area contributed by atoms with Crippen LogP contribution in [0.15, 0.2) is 4.99 Å². The maximum absolute atomic E-state index is 11.1. The molecule has 0 spiro atoms. The summed E-state index contributed by atoms with van der Waals surface area (Å²) in [4.78, 5) is 4.10. The number of aliphatic imine (C=N–C) groups is 1. The van der Waals surface area contributed by atoms with E-state index >= 15 is 0 Å². The van der Waals surface area contributed by atoms with Crippen LogP contribution < -0.4 is 15.8 Å². The van der Waals surface area contributed by atoms with Crippen LogP contribution in [-0.2, 0) is 10.0 Å². The van der Waals surface area contributed by atoms with Crippen molar-refractivity contribution in [3.8, 4) is 0 Å². The lowest BCUT2D eigenvalue weighted by Gasteiger charge is -2.04. The van der Waals surface area contributed by atoms with E-state index in [1.807, 2.05) is 0 Å². The number of rotatable bonds is 7. The molecule has 4 N–H and O–H groups in total. The monoisotopic (exact) mass is 248 g/mol. The minimum atomic E-state index is -3.07. The third-order valence-electron chi connectivity index (χ3n) is 2.25. The van der Waals surface area contributed by atoms with E-state index in [1.54, 1.807) is 6.92 Å². The molecule has 0 atom stereocenters. The third kappa shape index (κ3) is 5.92. The smallest absolute Gasteiger partial charge is 0.211 e. The van der Waals surface area contributed by atoms with Gasteiger partial charge in [-0.05, 0) is 26.2 Å². The van der Waals surface area contributed by atoms with Crippen molar-refractivity contribution in [3.05, 3.63) is 0 Å². The van der Waals surface area contributed by atoms with Crippen LogP contribution in [0.2, 0.25) is 0 Å². The molecule has 0 heterocycles. The fourth-order valence-electron chi connectivity index (χ4n) is 1.09. The predicted octanol–water partition coefficient (Wildman–Crippen LogP) is -0.617. The Kier molecular flexibility index (Phi) is 5.01. The lowest BCUT2D eigenvalue weighted by atomic mass is 10.4. The van der Waals surface area contributed by atoms with Gasteiger partial charge in [0.2, 0.25) is 10.0 Å². The first kappa shape index (κ1) is 13.2. The van der Waals surface area contributed by atoms with Gasteiger partial charge in [0.1, 0.15) is 0 Å². The number of hydrogen-bond acceptors (Lipinski definition) is 3. The van der Waals surface area contributed by atoms with E-state index in [-0.39, 0.29) is 5.75 Å². The first-order valence-corrected chi connectivity index (χ1v) is 7.22. The fraction of sp³-hybridized carbons (Fsp3) is 0.889. The second-order valence-corrected chi connectivity index (χ2v) is 5.93. The van der Waals surface area contributed by atoms with E-state index in [2.05, 4.69) is 15.0 Å². The average Bonchev–Trinajstić information content (AvgIpc) is 3.01. The number of sulfonamides is 1. The summed E-state index contributed by atoms with van der Waals surface area (Å²) in [6.45, 7) is 2.56. The molecule has 1 aliphatic carbocycles. The SMILES string of the molecule is CCS(=O)(=O)NCCCN=C(N)NC1CC1. The summed E-state index contributed by atoms with van der Waals surface area (Å²) in [7, 11) is -3.07. The average molecular weight is 248 g/mol. The molecule has 6 nitrogen and oxygen atoms in total. The van der Waals surface area contributed by atoms with Gasteiger partial charge in [0.25, 0.3) is 0 Å². The van der Waals surface area contributed by atoms with Crippen LogP contribution in [0.4, 0.5) is 0 Å². The summed E-state index contributed by atoms with van der Waals surface area (Å²) in [6.07, 6.45) is 2.98. The van der Waals surface area contributed by atoms with Gasteiger partial charge in [0.05, 0.1) is 5.75 Å².